The van der Waals surface area contributed by atoms with Crippen LogP contribution in [0.3, 0.4) is 0 Å². The van der Waals surface area contributed by atoms with Gasteiger partial charge in [0.1, 0.15) is 0 Å². The lowest BCUT2D eigenvalue weighted by Gasteiger charge is -2.36. The van der Waals surface area contributed by atoms with Crippen molar-refractivity contribution in [1.29, 1.82) is 0 Å². The molecular formula is C15H29NO2. The summed E-state index contributed by atoms with van der Waals surface area (Å²) in [6.07, 6.45) is 6.59. The minimum atomic E-state index is -0.167. The molecule has 3 heteroatoms. The van der Waals surface area contributed by atoms with Crippen LogP contribution in [0.1, 0.15) is 59.8 Å². The first-order valence-corrected chi connectivity index (χ1v) is 7.37. The molecule has 0 spiro atoms. The summed E-state index contributed by atoms with van der Waals surface area (Å²) in [5, 5.41) is 3.41. The smallest absolute Gasteiger partial charge is 0.0895 e. The first-order valence-electron chi connectivity index (χ1n) is 7.37. The Kier molecular flexibility index (Phi) is 4.05. The lowest BCUT2D eigenvalue weighted by Crippen LogP contribution is -2.46. The number of nitrogens with one attached hydrogen (secondary N) is 1. The molecule has 1 aliphatic carbocycles. The first-order chi connectivity index (χ1) is 8.34. The molecule has 0 aromatic heterocycles. The van der Waals surface area contributed by atoms with E-state index in [0.717, 1.165) is 6.42 Å². The fourth-order valence-corrected chi connectivity index (χ4v) is 3.52. The maximum Gasteiger partial charge on any atom is 0.0895 e. The van der Waals surface area contributed by atoms with Crippen LogP contribution in [0.4, 0.5) is 0 Å². The molecule has 1 heterocycles. The van der Waals surface area contributed by atoms with Crippen molar-refractivity contribution in [1.82, 2.24) is 5.32 Å². The maximum absolute atomic E-state index is 6.42. The summed E-state index contributed by atoms with van der Waals surface area (Å²) in [7, 11) is 2.05. The molecule has 2 aliphatic rings. The second-order valence-electron chi connectivity index (χ2n) is 7.01. The molecule has 0 aromatic rings. The highest BCUT2D eigenvalue weighted by Gasteiger charge is 2.48. The fraction of sp³-hybridized carbons (Fsp3) is 1.00. The molecule has 106 valence electrons. The van der Waals surface area contributed by atoms with E-state index in [1.807, 2.05) is 7.05 Å². The van der Waals surface area contributed by atoms with Gasteiger partial charge in [-0.2, -0.15) is 0 Å². The number of hydrogen-bond donors (Lipinski definition) is 1. The van der Waals surface area contributed by atoms with E-state index in [2.05, 4.69) is 33.0 Å². The zero-order valence-electron chi connectivity index (χ0n) is 12.6. The maximum atomic E-state index is 6.42. The average molecular weight is 255 g/mol. The molecule has 1 saturated carbocycles. The van der Waals surface area contributed by atoms with E-state index >= 15 is 0 Å². The molecule has 2 fully saturated rings. The van der Waals surface area contributed by atoms with Crippen LogP contribution in [0.5, 0.6) is 0 Å². The lowest BCUT2D eigenvalue weighted by molar-refractivity contribution is -0.127. The van der Waals surface area contributed by atoms with E-state index in [9.17, 15) is 0 Å². The van der Waals surface area contributed by atoms with Crippen molar-refractivity contribution >= 4 is 0 Å². The standard InChI is InChI=1S/C15H29NO2/c1-14(2)10-13(15(3,4)18-14)17-12-9-7-6-8-11(12)16-5/h11-13,16H,6-10H2,1-5H3. The van der Waals surface area contributed by atoms with Gasteiger partial charge >= 0.3 is 0 Å². The van der Waals surface area contributed by atoms with E-state index in [1.165, 1.54) is 25.7 Å². The summed E-state index contributed by atoms with van der Waals surface area (Å²) >= 11 is 0. The predicted octanol–water partition coefficient (Wildman–Crippen LogP) is 2.88. The van der Waals surface area contributed by atoms with Gasteiger partial charge in [0.2, 0.25) is 0 Å². The Hall–Kier alpha value is -0.120. The van der Waals surface area contributed by atoms with Crippen molar-refractivity contribution in [3.8, 4) is 0 Å². The molecule has 2 rings (SSSR count). The highest BCUT2D eigenvalue weighted by atomic mass is 16.6. The van der Waals surface area contributed by atoms with Crippen LogP contribution in [0.15, 0.2) is 0 Å². The molecule has 18 heavy (non-hydrogen) atoms. The van der Waals surface area contributed by atoms with Crippen molar-refractivity contribution < 1.29 is 9.47 Å². The van der Waals surface area contributed by atoms with Gasteiger partial charge in [0.15, 0.2) is 0 Å². The van der Waals surface area contributed by atoms with E-state index in [-0.39, 0.29) is 17.3 Å². The molecule has 1 saturated heterocycles. The van der Waals surface area contributed by atoms with E-state index in [4.69, 9.17) is 9.47 Å². The van der Waals surface area contributed by atoms with Crippen LogP contribution < -0.4 is 5.32 Å². The normalized spacial score (nSPS) is 38.8. The summed E-state index contributed by atoms with van der Waals surface area (Å²) in [6, 6.07) is 0.512. The summed E-state index contributed by atoms with van der Waals surface area (Å²) < 4.78 is 12.5. The van der Waals surface area contributed by atoms with Gasteiger partial charge in [-0.05, 0) is 47.6 Å². The Balaban J connectivity index is 2.00. The van der Waals surface area contributed by atoms with Gasteiger partial charge in [-0.3, -0.25) is 0 Å². The summed E-state index contributed by atoms with van der Waals surface area (Å²) in [6.45, 7) is 8.64. The summed E-state index contributed by atoms with van der Waals surface area (Å²) in [5.74, 6) is 0. The molecule has 3 atom stereocenters. The number of rotatable bonds is 3. The van der Waals surface area contributed by atoms with Crippen molar-refractivity contribution in [2.45, 2.75) is 89.3 Å². The minimum absolute atomic E-state index is 0.0576. The third-order valence-corrected chi connectivity index (χ3v) is 4.40. The average Bonchev–Trinajstić information content (AvgIpc) is 2.47. The van der Waals surface area contributed by atoms with Crippen molar-refractivity contribution in [3.63, 3.8) is 0 Å². The zero-order valence-corrected chi connectivity index (χ0v) is 12.6. The van der Waals surface area contributed by atoms with Crippen LogP contribution in [-0.2, 0) is 9.47 Å². The van der Waals surface area contributed by atoms with Gasteiger partial charge in [0.25, 0.3) is 0 Å². The highest BCUT2D eigenvalue weighted by Crippen LogP contribution is 2.40. The monoisotopic (exact) mass is 255 g/mol. The summed E-state index contributed by atoms with van der Waals surface area (Å²) in [5.41, 5.74) is -0.225. The predicted molar refractivity (Wildman–Crippen MR) is 73.8 cm³/mol. The van der Waals surface area contributed by atoms with Gasteiger partial charge in [-0.25, -0.2) is 0 Å². The Labute approximate surface area is 112 Å². The van der Waals surface area contributed by atoms with Crippen molar-refractivity contribution in [2.24, 2.45) is 0 Å². The van der Waals surface area contributed by atoms with Crippen LogP contribution >= 0.6 is 0 Å². The van der Waals surface area contributed by atoms with Gasteiger partial charge in [-0.1, -0.05) is 12.8 Å². The second kappa shape index (κ2) is 5.10. The summed E-state index contributed by atoms with van der Waals surface area (Å²) in [4.78, 5) is 0. The molecule has 0 amide bonds. The van der Waals surface area contributed by atoms with E-state index in [1.54, 1.807) is 0 Å². The third-order valence-electron chi connectivity index (χ3n) is 4.40. The molecule has 3 unspecified atom stereocenters. The topological polar surface area (TPSA) is 30.5 Å². The zero-order chi connectivity index (χ0) is 13.4. The van der Waals surface area contributed by atoms with Gasteiger partial charge in [0.05, 0.1) is 23.4 Å². The SMILES string of the molecule is CNC1CCCCC1OC1CC(C)(C)OC1(C)C. The van der Waals surface area contributed by atoms with Crippen molar-refractivity contribution in [2.75, 3.05) is 7.05 Å². The number of likely N-dealkylation sites (N-methyl/N-ethyl adjacent to an activating group) is 1. The largest absolute Gasteiger partial charge is 0.370 e. The molecule has 3 nitrogen and oxygen atoms in total. The van der Waals surface area contributed by atoms with Gasteiger partial charge in [-0.15, -0.1) is 0 Å². The Bertz CT molecular complexity index is 288. The Morgan fingerprint density at radius 3 is 2.33 bits per heavy atom. The molecule has 0 radical (unpaired) electrons. The Morgan fingerprint density at radius 2 is 1.78 bits per heavy atom. The van der Waals surface area contributed by atoms with Gasteiger partial charge in [0, 0.05) is 12.5 Å². The van der Waals surface area contributed by atoms with E-state index in [0.29, 0.717) is 12.1 Å². The number of hydrogen-bond acceptors (Lipinski definition) is 3. The first kappa shape index (κ1) is 14.3. The van der Waals surface area contributed by atoms with Gasteiger partial charge < -0.3 is 14.8 Å². The second-order valence-corrected chi connectivity index (χ2v) is 7.01. The Morgan fingerprint density at radius 1 is 1.11 bits per heavy atom. The van der Waals surface area contributed by atoms with Crippen LogP contribution in [0, 0.1) is 0 Å². The lowest BCUT2D eigenvalue weighted by atomic mass is 9.91. The van der Waals surface area contributed by atoms with Crippen molar-refractivity contribution in [3.05, 3.63) is 0 Å². The minimum Gasteiger partial charge on any atom is -0.370 e. The molecule has 1 aliphatic heterocycles. The molecule has 1 N–H and O–H groups in total. The molecular weight excluding hydrogens is 226 g/mol. The molecule has 0 aromatic carbocycles. The van der Waals surface area contributed by atoms with Crippen LogP contribution in [0.2, 0.25) is 0 Å². The fourth-order valence-electron chi connectivity index (χ4n) is 3.52. The molecule has 0 bridgehead atoms. The third kappa shape index (κ3) is 3.06. The van der Waals surface area contributed by atoms with E-state index < -0.39 is 0 Å². The number of ether oxygens (including phenoxy) is 2. The van der Waals surface area contributed by atoms with Crippen LogP contribution in [0.25, 0.3) is 0 Å². The van der Waals surface area contributed by atoms with Crippen LogP contribution in [-0.4, -0.2) is 36.5 Å². The highest BCUT2D eigenvalue weighted by molar-refractivity contribution is 4.97. The quantitative estimate of drug-likeness (QED) is 0.841.